The Morgan fingerprint density at radius 3 is 2.83 bits per heavy atom. The number of carbonyl (C=O) groups is 1. The molecule has 1 heterocycles. The van der Waals surface area contributed by atoms with E-state index in [0.29, 0.717) is 12.3 Å². The number of thioether (sulfide) groups is 1. The first kappa shape index (κ1) is 13.1. The molecule has 1 amide bonds. The lowest BCUT2D eigenvalue weighted by molar-refractivity contribution is -0.115. The van der Waals surface area contributed by atoms with Gasteiger partial charge in [0.1, 0.15) is 0 Å². The van der Waals surface area contributed by atoms with Crippen LogP contribution in [0.4, 0.5) is 5.69 Å². The summed E-state index contributed by atoms with van der Waals surface area (Å²) in [5.41, 5.74) is 3.47. The molecule has 0 aromatic heterocycles. The summed E-state index contributed by atoms with van der Waals surface area (Å²) in [6, 6.07) is 6.11. The number of aryl methyl sites for hydroxylation is 1. The molecule has 96 valence electrons. The Balaban J connectivity index is 2.50. The van der Waals surface area contributed by atoms with Crippen molar-refractivity contribution in [2.45, 2.75) is 27.2 Å². The van der Waals surface area contributed by atoms with E-state index >= 15 is 0 Å². The molecule has 2 rings (SSSR count). The van der Waals surface area contributed by atoms with E-state index in [9.17, 15) is 4.79 Å². The van der Waals surface area contributed by atoms with Crippen molar-refractivity contribution in [2.75, 3.05) is 17.2 Å². The van der Waals surface area contributed by atoms with Crippen LogP contribution in [-0.4, -0.2) is 23.4 Å². The van der Waals surface area contributed by atoms with Crippen molar-refractivity contribution < 1.29 is 4.79 Å². The van der Waals surface area contributed by atoms with Crippen molar-refractivity contribution in [1.29, 1.82) is 0 Å². The Morgan fingerprint density at radius 2 is 2.17 bits per heavy atom. The third kappa shape index (κ3) is 2.29. The van der Waals surface area contributed by atoms with E-state index in [1.165, 1.54) is 22.9 Å². The van der Waals surface area contributed by atoms with Gasteiger partial charge < -0.3 is 0 Å². The first-order chi connectivity index (χ1) is 8.69. The summed E-state index contributed by atoms with van der Waals surface area (Å²) >= 11 is 1.53. The van der Waals surface area contributed by atoms with Gasteiger partial charge in [-0.2, -0.15) is 0 Å². The van der Waals surface area contributed by atoms with E-state index in [0.717, 1.165) is 17.3 Å². The van der Waals surface area contributed by atoms with Crippen LogP contribution in [0.25, 0.3) is 0 Å². The second kappa shape index (κ2) is 5.57. The van der Waals surface area contributed by atoms with Gasteiger partial charge in [-0.25, -0.2) is 0 Å². The summed E-state index contributed by atoms with van der Waals surface area (Å²) in [5, 5.41) is 0.836. The van der Waals surface area contributed by atoms with Gasteiger partial charge in [0, 0.05) is 6.54 Å². The van der Waals surface area contributed by atoms with Crippen LogP contribution < -0.4 is 4.90 Å². The Hall–Kier alpha value is -1.29. The number of amidine groups is 1. The number of benzene rings is 1. The topological polar surface area (TPSA) is 32.7 Å². The highest BCUT2D eigenvalue weighted by molar-refractivity contribution is 8.15. The molecule has 0 radical (unpaired) electrons. The van der Waals surface area contributed by atoms with E-state index in [2.05, 4.69) is 24.9 Å². The molecule has 18 heavy (non-hydrogen) atoms. The van der Waals surface area contributed by atoms with Crippen molar-refractivity contribution in [1.82, 2.24) is 0 Å². The molecule has 0 unspecified atom stereocenters. The maximum atomic E-state index is 12.1. The minimum atomic E-state index is 0.132. The van der Waals surface area contributed by atoms with Crippen molar-refractivity contribution >= 4 is 28.5 Å². The standard InChI is InChI=1S/C14H18N2OS/c1-4-11-10(3)7-6-8-12(11)16-13(17)9-18-14(16)15-5-2/h6-8H,4-5,9H2,1-3H3. The molecule has 1 saturated heterocycles. The van der Waals surface area contributed by atoms with Gasteiger partial charge in [0.25, 0.3) is 0 Å². The zero-order valence-electron chi connectivity index (χ0n) is 11.1. The van der Waals surface area contributed by atoms with Crippen LogP contribution in [0, 0.1) is 6.92 Å². The number of carbonyl (C=O) groups excluding carboxylic acids is 1. The van der Waals surface area contributed by atoms with Crippen LogP contribution in [-0.2, 0) is 11.2 Å². The maximum absolute atomic E-state index is 12.1. The highest BCUT2D eigenvalue weighted by Gasteiger charge is 2.30. The SMILES string of the molecule is CCN=C1SCC(=O)N1c1cccc(C)c1CC. The fourth-order valence-electron chi connectivity index (χ4n) is 2.21. The molecule has 1 aliphatic heterocycles. The van der Waals surface area contributed by atoms with Gasteiger partial charge in [-0.05, 0) is 37.5 Å². The lowest BCUT2D eigenvalue weighted by atomic mass is 10.0. The first-order valence-electron chi connectivity index (χ1n) is 6.27. The Kier molecular flexibility index (Phi) is 4.07. The van der Waals surface area contributed by atoms with Crippen LogP contribution in [0.5, 0.6) is 0 Å². The number of anilines is 1. The lowest BCUT2D eigenvalue weighted by Gasteiger charge is -2.20. The van der Waals surface area contributed by atoms with Crippen LogP contribution in [0.1, 0.15) is 25.0 Å². The monoisotopic (exact) mass is 262 g/mol. The molecule has 0 atom stereocenters. The number of rotatable bonds is 3. The normalized spacial score (nSPS) is 17.8. The highest BCUT2D eigenvalue weighted by atomic mass is 32.2. The van der Waals surface area contributed by atoms with Gasteiger partial charge in [-0.15, -0.1) is 0 Å². The molecule has 0 aliphatic carbocycles. The zero-order chi connectivity index (χ0) is 13.1. The molecule has 0 spiro atoms. The van der Waals surface area contributed by atoms with E-state index in [1.54, 1.807) is 4.90 Å². The van der Waals surface area contributed by atoms with E-state index < -0.39 is 0 Å². The van der Waals surface area contributed by atoms with Crippen molar-refractivity contribution in [3.05, 3.63) is 29.3 Å². The quantitative estimate of drug-likeness (QED) is 0.839. The van der Waals surface area contributed by atoms with Crippen molar-refractivity contribution in [3.8, 4) is 0 Å². The largest absolute Gasteiger partial charge is 0.273 e. The van der Waals surface area contributed by atoms with Gasteiger partial charge in [-0.3, -0.25) is 14.7 Å². The molecular formula is C14H18N2OS. The smallest absolute Gasteiger partial charge is 0.243 e. The van der Waals surface area contributed by atoms with E-state index in [1.807, 2.05) is 19.1 Å². The van der Waals surface area contributed by atoms with Crippen LogP contribution in [0.15, 0.2) is 23.2 Å². The van der Waals surface area contributed by atoms with E-state index in [4.69, 9.17) is 0 Å². The molecule has 1 aromatic rings. The second-order valence-electron chi connectivity index (χ2n) is 4.20. The van der Waals surface area contributed by atoms with Gasteiger partial charge in [-0.1, -0.05) is 30.8 Å². The van der Waals surface area contributed by atoms with Crippen LogP contribution in [0.3, 0.4) is 0 Å². The molecule has 1 aromatic carbocycles. The molecule has 3 nitrogen and oxygen atoms in total. The molecular weight excluding hydrogens is 244 g/mol. The number of hydrogen-bond acceptors (Lipinski definition) is 3. The van der Waals surface area contributed by atoms with Gasteiger partial charge in [0.15, 0.2) is 5.17 Å². The maximum Gasteiger partial charge on any atom is 0.243 e. The Morgan fingerprint density at radius 1 is 1.39 bits per heavy atom. The van der Waals surface area contributed by atoms with Crippen molar-refractivity contribution in [2.24, 2.45) is 4.99 Å². The predicted octanol–water partition coefficient (Wildman–Crippen LogP) is 3.01. The minimum Gasteiger partial charge on any atom is -0.273 e. The molecule has 1 fully saturated rings. The number of hydrogen-bond donors (Lipinski definition) is 0. The number of aliphatic imine (C=N–C) groups is 1. The van der Waals surface area contributed by atoms with Gasteiger partial charge in [0.2, 0.25) is 5.91 Å². The predicted molar refractivity (Wildman–Crippen MR) is 78.5 cm³/mol. The summed E-state index contributed by atoms with van der Waals surface area (Å²) in [4.78, 5) is 18.3. The summed E-state index contributed by atoms with van der Waals surface area (Å²) in [6.07, 6.45) is 0.926. The summed E-state index contributed by atoms with van der Waals surface area (Å²) in [7, 11) is 0. The molecule has 0 N–H and O–H groups in total. The third-order valence-corrected chi connectivity index (χ3v) is 4.00. The lowest BCUT2D eigenvalue weighted by Crippen LogP contribution is -2.30. The summed E-state index contributed by atoms with van der Waals surface area (Å²) < 4.78 is 0. The van der Waals surface area contributed by atoms with Crippen LogP contribution in [0.2, 0.25) is 0 Å². The highest BCUT2D eigenvalue weighted by Crippen LogP contribution is 2.31. The zero-order valence-corrected chi connectivity index (χ0v) is 11.9. The first-order valence-corrected chi connectivity index (χ1v) is 7.26. The molecule has 4 heteroatoms. The number of nitrogens with zero attached hydrogens (tertiary/aromatic N) is 2. The van der Waals surface area contributed by atoms with Crippen LogP contribution >= 0.6 is 11.8 Å². The average molecular weight is 262 g/mol. The third-order valence-electron chi connectivity index (χ3n) is 3.04. The molecule has 0 saturated carbocycles. The molecule has 0 bridgehead atoms. The Bertz CT molecular complexity index is 497. The number of amides is 1. The fourth-order valence-corrected chi connectivity index (χ4v) is 3.14. The summed E-state index contributed by atoms with van der Waals surface area (Å²) in [5.74, 6) is 0.628. The minimum absolute atomic E-state index is 0.132. The Labute approximate surface area is 112 Å². The van der Waals surface area contributed by atoms with Gasteiger partial charge >= 0.3 is 0 Å². The second-order valence-corrected chi connectivity index (χ2v) is 5.14. The molecule has 1 aliphatic rings. The van der Waals surface area contributed by atoms with Gasteiger partial charge in [0.05, 0.1) is 11.4 Å². The fraction of sp³-hybridized carbons (Fsp3) is 0.429. The average Bonchev–Trinajstić information content (AvgIpc) is 2.71. The van der Waals surface area contributed by atoms with E-state index in [-0.39, 0.29) is 5.91 Å². The summed E-state index contributed by atoms with van der Waals surface area (Å²) in [6.45, 7) is 6.91. The van der Waals surface area contributed by atoms with Crippen molar-refractivity contribution in [3.63, 3.8) is 0 Å².